The number of fused-ring (bicyclic) bond motifs is 2. The fourth-order valence-electron chi connectivity index (χ4n) is 1.87. The third kappa shape index (κ3) is 1.25. The number of nitrogens with zero attached hydrogens (tertiary/aromatic N) is 9. The number of nitrogen functional groups attached to an aromatic ring is 2. The van der Waals surface area contributed by atoms with E-state index in [0.29, 0.717) is 28.0 Å². The fourth-order valence-corrected chi connectivity index (χ4v) is 1.87. The summed E-state index contributed by atoms with van der Waals surface area (Å²) in [6.07, 6.45) is 4.22. The van der Waals surface area contributed by atoms with Crippen LogP contribution >= 0.6 is 0 Å². The van der Waals surface area contributed by atoms with Gasteiger partial charge in [0.25, 0.3) is 0 Å². The van der Waals surface area contributed by atoms with Gasteiger partial charge in [0.15, 0.2) is 17.0 Å². The van der Waals surface area contributed by atoms with Crippen molar-refractivity contribution < 1.29 is 0 Å². The van der Waals surface area contributed by atoms with Crippen molar-refractivity contribution in [1.29, 1.82) is 0 Å². The lowest BCUT2D eigenvalue weighted by Crippen LogP contribution is -2.14. The third-order valence-electron chi connectivity index (χ3n) is 2.81. The molecule has 4 aromatic heterocycles. The third-order valence-corrected chi connectivity index (χ3v) is 2.81. The highest BCUT2D eigenvalue weighted by atomic mass is 15.7. The van der Waals surface area contributed by atoms with Gasteiger partial charge in [0.1, 0.15) is 18.5 Å². The molecule has 4 heterocycles. The molecule has 0 spiro atoms. The van der Waals surface area contributed by atoms with E-state index in [1.807, 2.05) is 0 Å². The van der Waals surface area contributed by atoms with Crippen LogP contribution in [-0.4, -0.2) is 44.9 Å². The van der Waals surface area contributed by atoms with E-state index in [4.69, 9.17) is 11.5 Å². The van der Waals surface area contributed by atoms with Crippen molar-refractivity contribution >= 4 is 33.8 Å². The minimum absolute atomic E-state index is 0.242. The average Bonchev–Trinajstić information content (AvgIpc) is 3.03. The van der Waals surface area contributed by atoms with Crippen molar-refractivity contribution in [2.45, 2.75) is 0 Å². The molecule has 0 bridgehead atoms. The first kappa shape index (κ1) is 10.5. The molecule has 4 rings (SSSR count). The minimum atomic E-state index is 0.242. The van der Waals surface area contributed by atoms with E-state index in [1.165, 1.54) is 22.2 Å². The van der Waals surface area contributed by atoms with Crippen molar-refractivity contribution in [2.75, 3.05) is 11.5 Å². The van der Waals surface area contributed by atoms with Crippen LogP contribution in [0.25, 0.3) is 22.2 Å². The van der Waals surface area contributed by atoms with Crippen LogP contribution in [0.3, 0.4) is 0 Å². The maximum Gasteiger partial charge on any atom is 0.209 e. The largest absolute Gasteiger partial charge is 0.383 e. The Morgan fingerprint density at radius 1 is 0.850 bits per heavy atom. The topological polar surface area (TPSA) is 152 Å². The zero-order chi connectivity index (χ0) is 13.7. The smallest absolute Gasteiger partial charge is 0.209 e. The van der Waals surface area contributed by atoms with Crippen LogP contribution in [0.15, 0.2) is 18.9 Å². The summed E-state index contributed by atoms with van der Waals surface area (Å²) >= 11 is 0. The summed E-state index contributed by atoms with van der Waals surface area (Å²) in [6.45, 7) is 0. The Labute approximate surface area is 110 Å². The van der Waals surface area contributed by atoms with Crippen LogP contribution in [0.1, 0.15) is 0 Å². The molecule has 0 radical (unpaired) electrons. The normalized spacial score (nSPS) is 11.4. The second kappa shape index (κ2) is 3.57. The second-order valence-electron chi connectivity index (χ2n) is 3.94. The molecule has 98 valence electrons. The Kier molecular flexibility index (Phi) is 1.88. The summed E-state index contributed by atoms with van der Waals surface area (Å²) in [5, 5.41) is 12.7. The molecule has 0 aromatic carbocycles. The van der Waals surface area contributed by atoms with E-state index in [-0.39, 0.29) is 5.82 Å². The molecule has 11 nitrogen and oxygen atoms in total. The zero-order valence-electron chi connectivity index (χ0n) is 9.91. The van der Waals surface area contributed by atoms with Crippen LogP contribution in [-0.2, 0) is 0 Å². The first-order chi connectivity index (χ1) is 9.75. The highest BCUT2D eigenvalue weighted by Gasteiger charge is 2.15. The molecule has 0 aliphatic carbocycles. The quantitative estimate of drug-likeness (QED) is 0.435. The average molecular weight is 269 g/mol. The van der Waals surface area contributed by atoms with Crippen LogP contribution < -0.4 is 11.5 Å². The summed E-state index contributed by atoms with van der Waals surface area (Å²) in [6, 6.07) is 0. The maximum absolute atomic E-state index is 5.76. The van der Waals surface area contributed by atoms with Gasteiger partial charge in [-0.25, -0.2) is 19.9 Å². The Bertz CT molecular complexity index is 858. The van der Waals surface area contributed by atoms with Gasteiger partial charge in [-0.05, 0) is 5.21 Å². The van der Waals surface area contributed by atoms with Gasteiger partial charge < -0.3 is 11.5 Å². The number of hydrogen-bond donors (Lipinski definition) is 2. The number of anilines is 2. The molecular weight excluding hydrogens is 262 g/mol. The molecule has 0 aliphatic rings. The molecule has 20 heavy (non-hydrogen) atoms. The summed E-state index contributed by atoms with van der Waals surface area (Å²) in [5.74, 6) is 0.576. The summed E-state index contributed by atoms with van der Waals surface area (Å²) in [7, 11) is 0. The van der Waals surface area contributed by atoms with Gasteiger partial charge in [0.2, 0.25) is 5.65 Å². The van der Waals surface area contributed by atoms with Crippen molar-refractivity contribution in [1.82, 2.24) is 44.9 Å². The van der Waals surface area contributed by atoms with E-state index in [9.17, 15) is 0 Å². The molecule has 4 aromatic rings. The molecular formula is C9H7N11. The molecule has 0 saturated heterocycles. The summed E-state index contributed by atoms with van der Waals surface area (Å²) in [4.78, 5) is 18.8. The standard InChI is InChI=1S/C9H7N11/c10-6-4-1-16-19(8(4)14-2-12-6)20-9-5(17-18-20)7(11)13-3-15-9/h1-3H,(H2,10,12,14)(H2,11,13,15). The minimum Gasteiger partial charge on any atom is -0.383 e. The number of aromatic nitrogens is 9. The maximum atomic E-state index is 5.76. The van der Waals surface area contributed by atoms with Crippen molar-refractivity contribution in [3.63, 3.8) is 0 Å². The van der Waals surface area contributed by atoms with Gasteiger partial charge in [-0.2, -0.15) is 5.10 Å². The monoisotopic (exact) mass is 269 g/mol. The van der Waals surface area contributed by atoms with E-state index in [1.54, 1.807) is 6.20 Å². The van der Waals surface area contributed by atoms with E-state index >= 15 is 0 Å². The lowest BCUT2D eigenvalue weighted by molar-refractivity contribution is 0.516. The van der Waals surface area contributed by atoms with Crippen molar-refractivity contribution in [2.24, 2.45) is 0 Å². The lowest BCUT2D eigenvalue weighted by atomic mass is 10.4. The molecule has 0 atom stereocenters. The Balaban J connectivity index is 2.07. The SMILES string of the molecule is Nc1ncnc2c1cnn2-n1nnc2c(N)ncnc21. The summed E-state index contributed by atoms with van der Waals surface area (Å²) in [5.41, 5.74) is 12.8. The predicted molar refractivity (Wildman–Crippen MR) is 68.1 cm³/mol. The zero-order valence-corrected chi connectivity index (χ0v) is 9.91. The predicted octanol–water partition coefficient (Wildman–Crippen LogP) is -1.16. The molecule has 11 heteroatoms. The van der Waals surface area contributed by atoms with Gasteiger partial charge in [-0.3, -0.25) is 0 Å². The summed E-state index contributed by atoms with van der Waals surface area (Å²) < 4.78 is 0. The number of hydrogen-bond acceptors (Lipinski definition) is 9. The van der Waals surface area contributed by atoms with Crippen LogP contribution in [0.5, 0.6) is 0 Å². The van der Waals surface area contributed by atoms with Gasteiger partial charge in [0, 0.05) is 0 Å². The highest BCUT2D eigenvalue weighted by Crippen LogP contribution is 2.18. The molecule has 4 N–H and O–H groups in total. The Morgan fingerprint density at radius 2 is 1.60 bits per heavy atom. The molecule has 0 saturated carbocycles. The molecule has 0 aliphatic heterocycles. The first-order valence-electron chi connectivity index (χ1n) is 5.52. The Hall–Kier alpha value is -3.37. The number of nitrogens with two attached hydrogens (primary N) is 2. The second-order valence-corrected chi connectivity index (χ2v) is 3.94. The van der Waals surface area contributed by atoms with Crippen LogP contribution in [0.4, 0.5) is 11.6 Å². The highest BCUT2D eigenvalue weighted by molar-refractivity contribution is 5.85. The Morgan fingerprint density at radius 3 is 2.45 bits per heavy atom. The lowest BCUT2D eigenvalue weighted by Gasteiger charge is -2.01. The molecule has 0 amide bonds. The van der Waals surface area contributed by atoms with Gasteiger partial charge in [-0.15, -0.1) is 14.7 Å². The fraction of sp³-hybridized carbons (Fsp3) is 0. The molecule has 0 unspecified atom stereocenters. The van der Waals surface area contributed by atoms with Crippen LogP contribution in [0, 0.1) is 0 Å². The van der Waals surface area contributed by atoms with Crippen molar-refractivity contribution in [3.05, 3.63) is 18.9 Å². The first-order valence-corrected chi connectivity index (χ1v) is 5.52. The van der Waals surface area contributed by atoms with Crippen LogP contribution in [0.2, 0.25) is 0 Å². The number of rotatable bonds is 1. The van der Waals surface area contributed by atoms with Gasteiger partial charge >= 0.3 is 0 Å². The van der Waals surface area contributed by atoms with E-state index in [0.717, 1.165) is 0 Å². The van der Waals surface area contributed by atoms with Gasteiger partial charge in [-0.1, -0.05) is 0 Å². The molecule has 0 fully saturated rings. The van der Waals surface area contributed by atoms with E-state index < -0.39 is 0 Å². The van der Waals surface area contributed by atoms with Crippen molar-refractivity contribution in [3.8, 4) is 0 Å². The van der Waals surface area contributed by atoms with E-state index in [2.05, 4.69) is 35.3 Å². The van der Waals surface area contributed by atoms with Gasteiger partial charge in [0.05, 0.1) is 11.6 Å².